The second-order valence-electron chi connectivity index (χ2n) is 4.46. The van der Waals surface area contributed by atoms with Crippen molar-refractivity contribution >= 4 is 21.6 Å². The molecule has 10 heteroatoms. The van der Waals surface area contributed by atoms with Gasteiger partial charge in [0, 0.05) is 19.8 Å². The van der Waals surface area contributed by atoms with Gasteiger partial charge in [0.2, 0.25) is 10.0 Å². The normalized spacial score (nSPS) is 11.6. The van der Waals surface area contributed by atoms with Crippen LogP contribution in [0, 0.1) is 6.92 Å². The van der Waals surface area contributed by atoms with Crippen molar-refractivity contribution in [1.29, 1.82) is 0 Å². The summed E-state index contributed by atoms with van der Waals surface area (Å²) in [6, 6.07) is 4.60. The lowest BCUT2D eigenvalue weighted by atomic mass is 10.2. The molecule has 0 saturated carbocycles. The van der Waals surface area contributed by atoms with E-state index in [4.69, 9.17) is 0 Å². The quantitative estimate of drug-likeness (QED) is 0.820. The first kappa shape index (κ1) is 15.1. The zero-order valence-corrected chi connectivity index (χ0v) is 12.5. The van der Waals surface area contributed by atoms with Crippen molar-refractivity contribution < 1.29 is 13.2 Å². The number of carbonyl (C=O) groups excluding carboxylic acids is 1. The van der Waals surface area contributed by atoms with Gasteiger partial charge in [-0.3, -0.25) is 4.79 Å². The second kappa shape index (κ2) is 5.58. The molecule has 1 amide bonds. The molecule has 1 heterocycles. The summed E-state index contributed by atoms with van der Waals surface area (Å²) >= 11 is 0. The van der Waals surface area contributed by atoms with Crippen LogP contribution in [0.2, 0.25) is 0 Å². The van der Waals surface area contributed by atoms with E-state index in [0.29, 0.717) is 11.3 Å². The number of aryl methyl sites for hydroxylation is 1. The number of rotatable bonds is 4. The molecule has 2 N–H and O–H groups in total. The highest BCUT2D eigenvalue weighted by molar-refractivity contribution is 7.89. The van der Waals surface area contributed by atoms with Crippen molar-refractivity contribution in [1.82, 2.24) is 24.9 Å². The molecule has 0 aliphatic rings. The summed E-state index contributed by atoms with van der Waals surface area (Å²) in [7, 11) is -0.700. The van der Waals surface area contributed by atoms with Gasteiger partial charge in [0.1, 0.15) is 0 Å². The Balaban J connectivity index is 2.34. The maximum absolute atomic E-state index is 12.2. The van der Waals surface area contributed by atoms with Crippen LogP contribution in [0.25, 0.3) is 0 Å². The summed E-state index contributed by atoms with van der Waals surface area (Å²) in [6.07, 6.45) is 0. The minimum atomic E-state index is -3.59. The maximum atomic E-state index is 12.2. The Morgan fingerprint density at radius 3 is 2.62 bits per heavy atom. The van der Waals surface area contributed by atoms with Crippen LogP contribution in [-0.4, -0.2) is 53.3 Å². The third-order valence-electron chi connectivity index (χ3n) is 2.75. The Hall–Kier alpha value is -2.33. The van der Waals surface area contributed by atoms with E-state index in [1.54, 1.807) is 19.1 Å². The van der Waals surface area contributed by atoms with Gasteiger partial charge in [-0.1, -0.05) is 6.07 Å². The van der Waals surface area contributed by atoms with E-state index in [0.717, 1.165) is 4.31 Å². The van der Waals surface area contributed by atoms with E-state index in [1.165, 1.54) is 20.2 Å². The number of anilines is 1. The fourth-order valence-electron chi connectivity index (χ4n) is 1.60. The predicted molar refractivity (Wildman–Crippen MR) is 74.2 cm³/mol. The summed E-state index contributed by atoms with van der Waals surface area (Å²) in [5.41, 5.74) is 0.914. The average Bonchev–Trinajstić information content (AvgIpc) is 2.94. The molecule has 0 fully saturated rings. The van der Waals surface area contributed by atoms with Crippen molar-refractivity contribution in [3.8, 4) is 0 Å². The van der Waals surface area contributed by atoms with Crippen LogP contribution in [0.1, 0.15) is 16.2 Å². The average molecular weight is 310 g/mol. The molecular weight excluding hydrogens is 296 g/mol. The molecule has 0 spiro atoms. The van der Waals surface area contributed by atoms with Crippen LogP contribution in [-0.2, 0) is 10.0 Å². The van der Waals surface area contributed by atoms with Gasteiger partial charge in [0.25, 0.3) is 11.7 Å². The highest BCUT2D eigenvalue weighted by Gasteiger charge is 2.21. The number of tetrazole rings is 1. The van der Waals surface area contributed by atoms with Crippen molar-refractivity contribution in [3.05, 3.63) is 29.6 Å². The SMILES string of the molecule is Cc1ccc(NC(=O)c2nn[nH]n2)cc1S(=O)(=O)N(C)C. The number of carbonyl (C=O) groups is 1. The first-order valence-electron chi connectivity index (χ1n) is 5.90. The van der Waals surface area contributed by atoms with E-state index in [9.17, 15) is 13.2 Å². The van der Waals surface area contributed by atoms with Crippen LogP contribution < -0.4 is 5.32 Å². The number of H-pyrrole nitrogens is 1. The molecule has 0 aliphatic heterocycles. The molecule has 0 bridgehead atoms. The molecule has 0 radical (unpaired) electrons. The summed E-state index contributed by atoms with van der Waals surface area (Å²) in [5, 5.41) is 15.0. The highest BCUT2D eigenvalue weighted by Crippen LogP contribution is 2.22. The Morgan fingerprint density at radius 1 is 1.33 bits per heavy atom. The van der Waals surface area contributed by atoms with Gasteiger partial charge in [0.15, 0.2) is 0 Å². The summed E-state index contributed by atoms with van der Waals surface area (Å²) in [6.45, 7) is 1.68. The number of sulfonamides is 1. The van der Waals surface area contributed by atoms with Crippen LogP contribution in [0.4, 0.5) is 5.69 Å². The molecule has 1 aromatic carbocycles. The van der Waals surface area contributed by atoms with Gasteiger partial charge in [-0.15, -0.1) is 10.2 Å². The number of benzene rings is 1. The largest absolute Gasteiger partial charge is 0.319 e. The predicted octanol–water partition coefficient (Wildman–Crippen LogP) is 0.0107. The van der Waals surface area contributed by atoms with Crippen LogP contribution >= 0.6 is 0 Å². The summed E-state index contributed by atoms with van der Waals surface area (Å²) < 4.78 is 25.5. The number of nitrogens with one attached hydrogen (secondary N) is 2. The number of hydrogen-bond donors (Lipinski definition) is 2. The molecule has 0 aliphatic carbocycles. The third kappa shape index (κ3) is 3.06. The standard InChI is InChI=1S/C11H14N6O3S/c1-7-4-5-8(6-9(7)21(19,20)17(2)3)12-11(18)10-13-15-16-14-10/h4-6H,1-3H3,(H,12,18)(H,13,14,15,16). The van der Waals surface area contributed by atoms with Gasteiger partial charge in [-0.25, -0.2) is 12.7 Å². The van der Waals surface area contributed by atoms with E-state index < -0.39 is 15.9 Å². The molecule has 0 atom stereocenters. The van der Waals surface area contributed by atoms with Gasteiger partial charge in [0.05, 0.1) is 4.90 Å². The second-order valence-corrected chi connectivity index (χ2v) is 6.58. The lowest BCUT2D eigenvalue weighted by Crippen LogP contribution is -2.23. The minimum absolute atomic E-state index is 0.124. The third-order valence-corrected chi connectivity index (χ3v) is 4.71. The smallest absolute Gasteiger partial charge is 0.297 e. The zero-order chi connectivity index (χ0) is 15.6. The molecular formula is C11H14N6O3S. The molecule has 0 saturated heterocycles. The number of hydrogen-bond acceptors (Lipinski definition) is 6. The molecule has 1 aromatic heterocycles. The Bertz CT molecular complexity index is 754. The zero-order valence-electron chi connectivity index (χ0n) is 11.7. The van der Waals surface area contributed by atoms with Crippen LogP contribution in [0.15, 0.2) is 23.1 Å². The summed E-state index contributed by atoms with van der Waals surface area (Å²) in [4.78, 5) is 11.9. The fourth-order valence-corrected chi connectivity index (χ4v) is 2.74. The van der Waals surface area contributed by atoms with E-state index in [2.05, 4.69) is 25.9 Å². The Morgan fingerprint density at radius 2 is 2.05 bits per heavy atom. The number of aromatic amines is 1. The maximum Gasteiger partial charge on any atom is 0.297 e. The monoisotopic (exact) mass is 310 g/mol. The van der Waals surface area contributed by atoms with Crippen molar-refractivity contribution in [2.24, 2.45) is 0 Å². The van der Waals surface area contributed by atoms with Gasteiger partial charge in [-0.2, -0.15) is 5.21 Å². The number of nitrogens with zero attached hydrogens (tertiary/aromatic N) is 4. The van der Waals surface area contributed by atoms with Crippen molar-refractivity contribution in [3.63, 3.8) is 0 Å². The minimum Gasteiger partial charge on any atom is -0.319 e. The van der Waals surface area contributed by atoms with Crippen LogP contribution in [0.5, 0.6) is 0 Å². The van der Waals surface area contributed by atoms with E-state index >= 15 is 0 Å². The van der Waals surface area contributed by atoms with Crippen molar-refractivity contribution in [2.75, 3.05) is 19.4 Å². The van der Waals surface area contributed by atoms with Gasteiger partial charge in [-0.05, 0) is 29.8 Å². The van der Waals surface area contributed by atoms with E-state index in [-0.39, 0.29) is 10.7 Å². The van der Waals surface area contributed by atoms with Crippen molar-refractivity contribution in [2.45, 2.75) is 11.8 Å². The molecule has 21 heavy (non-hydrogen) atoms. The molecule has 2 rings (SSSR count). The van der Waals surface area contributed by atoms with Gasteiger partial charge >= 0.3 is 0 Å². The number of aromatic nitrogens is 4. The first-order valence-corrected chi connectivity index (χ1v) is 7.34. The van der Waals surface area contributed by atoms with Crippen LogP contribution in [0.3, 0.4) is 0 Å². The summed E-state index contributed by atoms with van der Waals surface area (Å²) in [5.74, 6) is -0.714. The lowest BCUT2D eigenvalue weighted by Gasteiger charge is -2.14. The number of amides is 1. The van der Waals surface area contributed by atoms with Gasteiger partial charge < -0.3 is 5.32 Å². The highest BCUT2D eigenvalue weighted by atomic mass is 32.2. The molecule has 112 valence electrons. The lowest BCUT2D eigenvalue weighted by molar-refractivity contribution is 0.101. The Kier molecular flexibility index (Phi) is 4.00. The first-order chi connectivity index (χ1) is 9.82. The molecule has 0 unspecified atom stereocenters. The molecule has 2 aromatic rings. The van der Waals surface area contributed by atoms with E-state index in [1.807, 2.05) is 0 Å². The Labute approximate surface area is 121 Å². The fraction of sp³-hybridized carbons (Fsp3) is 0.273. The topological polar surface area (TPSA) is 121 Å². The molecule has 9 nitrogen and oxygen atoms in total.